The molecule has 1 heterocycles. The van der Waals surface area contributed by atoms with Crippen molar-refractivity contribution < 1.29 is 14.0 Å². The Bertz CT molecular complexity index is 1150. The molecule has 1 aliphatic heterocycles. The maximum absolute atomic E-state index is 13.6. The predicted molar refractivity (Wildman–Crippen MR) is 115 cm³/mol. The maximum atomic E-state index is 13.6. The molecule has 0 aromatic heterocycles. The van der Waals surface area contributed by atoms with Crippen molar-refractivity contribution >= 4 is 58.0 Å². The van der Waals surface area contributed by atoms with Crippen LogP contribution in [-0.2, 0) is 9.59 Å². The average Bonchev–Trinajstić information content (AvgIpc) is 2.95. The number of amides is 2. The smallest absolute Gasteiger partial charge is 0.268 e. The molecule has 144 valence electrons. The lowest BCUT2D eigenvalue weighted by Gasteiger charge is -2.15. The van der Waals surface area contributed by atoms with Crippen LogP contribution in [0.4, 0.5) is 10.1 Å². The number of nitrogens with zero attached hydrogens (tertiary/aromatic N) is 1. The number of halogens is 3. The molecule has 0 unspecified atom stereocenters. The van der Waals surface area contributed by atoms with Crippen LogP contribution in [0.2, 0.25) is 10.0 Å². The number of anilines is 1. The standard InChI is InChI=1S/C22H12Cl2FNO2S/c23-14-8-6-13(7-9-14)19-20(29-16-4-2-1-3-5-16)22(28)26(21(19)27)15-10-11-18(25)17(24)12-15/h1-12H. The molecule has 7 heteroatoms. The number of thioether (sulfide) groups is 1. The van der Waals surface area contributed by atoms with E-state index in [9.17, 15) is 14.0 Å². The van der Waals surface area contributed by atoms with Crippen molar-refractivity contribution in [1.82, 2.24) is 0 Å². The number of carbonyl (C=O) groups excluding carboxylic acids is 2. The zero-order valence-corrected chi connectivity index (χ0v) is 17.1. The minimum atomic E-state index is -0.626. The van der Waals surface area contributed by atoms with Gasteiger partial charge in [-0.1, -0.05) is 65.3 Å². The Morgan fingerprint density at radius 3 is 2.17 bits per heavy atom. The van der Waals surface area contributed by atoms with Crippen molar-refractivity contribution in [3.8, 4) is 0 Å². The van der Waals surface area contributed by atoms with E-state index in [2.05, 4.69) is 0 Å². The number of rotatable bonds is 4. The molecule has 0 spiro atoms. The highest BCUT2D eigenvalue weighted by atomic mass is 35.5. The van der Waals surface area contributed by atoms with Crippen LogP contribution in [0.3, 0.4) is 0 Å². The fourth-order valence-electron chi connectivity index (χ4n) is 2.94. The van der Waals surface area contributed by atoms with E-state index in [4.69, 9.17) is 23.2 Å². The third kappa shape index (κ3) is 3.81. The Morgan fingerprint density at radius 1 is 0.828 bits per heavy atom. The molecule has 0 saturated heterocycles. The molecule has 0 fully saturated rings. The number of hydrogen-bond donors (Lipinski definition) is 0. The second kappa shape index (κ2) is 8.03. The van der Waals surface area contributed by atoms with Gasteiger partial charge in [0.05, 0.1) is 21.2 Å². The van der Waals surface area contributed by atoms with Gasteiger partial charge in [-0.3, -0.25) is 9.59 Å². The first kappa shape index (κ1) is 19.7. The van der Waals surface area contributed by atoms with Crippen LogP contribution in [0.25, 0.3) is 5.57 Å². The fraction of sp³-hybridized carbons (Fsp3) is 0. The van der Waals surface area contributed by atoms with Crippen LogP contribution in [-0.4, -0.2) is 11.8 Å². The average molecular weight is 444 g/mol. The molecule has 0 aliphatic carbocycles. The summed E-state index contributed by atoms with van der Waals surface area (Å²) in [5, 5.41) is 0.353. The van der Waals surface area contributed by atoms with Crippen molar-refractivity contribution in [1.29, 1.82) is 0 Å². The Balaban J connectivity index is 1.83. The van der Waals surface area contributed by atoms with Crippen LogP contribution < -0.4 is 4.90 Å². The SMILES string of the molecule is O=C1C(Sc2ccccc2)=C(c2ccc(Cl)cc2)C(=O)N1c1ccc(F)c(Cl)c1. The van der Waals surface area contributed by atoms with E-state index >= 15 is 0 Å². The van der Waals surface area contributed by atoms with Gasteiger partial charge >= 0.3 is 0 Å². The van der Waals surface area contributed by atoms with Gasteiger partial charge in [-0.15, -0.1) is 0 Å². The first-order chi connectivity index (χ1) is 14.0. The van der Waals surface area contributed by atoms with Crippen molar-refractivity contribution in [2.24, 2.45) is 0 Å². The first-order valence-corrected chi connectivity index (χ1v) is 10.1. The Kier molecular flexibility index (Phi) is 5.46. The van der Waals surface area contributed by atoms with Gasteiger partial charge in [0.15, 0.2) is 0 Å². The summed E-state index contributed by atoms with van der Waals surface area (Å²) in [6, 6.07) is 19.7. The highest BCUT2D eigenvalue weighted by Crippen LogP contribution is 2.42. The summed E-state index contributed by atoms with van der Waals surface area (Å²) >= 11 is 13.0. The molecule has 29 heavy (non-hydrogen) atoms. The Hall–Kier alpha value is -2.60. The monoisotopic (exact) mass is 443 g/mol. The molecule has 1 aliphatic rings. The number of benzene rings is 3. The summed E-state index contributed by atoms with van der Waals surface area (Å²) in [5.41, 5.74) is 1.05. The lowest BCUT2D eigenvalue weighted by atomic mass is 10.1. The molecule has 3 aromatic carbocycles. The van der Waals surface area contributed by atoms with Crippen LogP contribution in [0, 0.1) is 5.82 Å². The summed E-state index contributed by atoms with van der Waals surface area (Å²) in [5.74, 6) is -1.62. The van der Waals surface area contributed by atoms with Gasteiger partial charge in [0.25, 0.3) is 11.8 Å². The zero-order chi connectivity index (χ0) is 20.5. The van der Waals surface area contributed by atoms with Gasteiger partial charge < -0.3 is 0 Å². The molecule has 4 rings (SSSR count). The molecule has 2 amide bonds. The third-order valence-electron chi connectivity index (χ3n) is 4.30. The summed E-state index contributed by atoms with van der Waals surface area (Å²) in [6.07, 6.45) is 0. The second-order valence-corrected chi connectivity index (χ2v) is 8.10. The first-order valence-electron chi connectivity index (χ1n) is 8.52. The topological polar surface area (TPSA) is 37.4 Å². The van der Waals surface area contributed by atoms with Gasteiger partial charge in [-0.2, -0.15) is 0 Å². The summed E-state index contributed by atoms with van der Waals surface area (Å²) in [6.45, 7) is 0. The van der Waals surface area contributed by atoms with Gasteiger partial charge in [-0.05, 0) is 48.0 Å². The molecule has 3 aromatic rings. The number of hydrogen-bond acceptors (Lipinski definition) is 3. The summed E-state index contributed by atoms with van der Waals surface area (Å²) in [4.78, 5) is 28.6. The predicted octanol–water partition coefficient (Wildman–Crippen LogP) is 6.21. The minimum Gasteiger partial charge on any atom is -0.268 e. The number of imide groups is 1. The van der Waals surface area contributed by atoms with E-state index in [1.807, 2.05) is 30.3 Å². The van der Waals surface area contributed by atoms with Crippen molar-refractivity contribution in [3.63, 3.8) is 0 Å². The Labute approximate surface area is 180 Å². The highest BCUT2D eigenvalue weighted by molar-refractivity contribution is 8.04. The highest BCUT2D eigenvalue weighted by Gasteiger charge is 2.40. The second-order valence-electron chi connectivity index (χ2n) is 6.17. The van der Waals surface area contributed by atoms with Crippen molar-refractivity contribution in [2.45, 2.75) is 4.90 Å². The van der Waals surface area contributed by atoms with E-state index in [1.54, 1.807) is 24.3 Å². The lowest BCUT2D eigenvalue weighted by Crippen LogP contribution is -2.31. The Morgan fingerprint density at radius 2 is 1.52 bits per heavy atom. The zero-order valence-electron chi connectivity index (χ0n) is 14.7. The van der Waals surface area contributed by atoms with Crippen molar-refractivity contribution in [3.05, 3.63) is 99.1 Å². The van der Waals surface area contributed by atoms with E-state index < -0.39 is 17.6 Å². The van der Waals surface area contributed by atoms with E-state index in [0.717, 1.165) is 15.9 Å². The molecule has 0 bridgehead atoms. The normalized spacial score (nSPS) is 14.1. The van der Waals surface area contributed by atoms with E-state index in [-0.39, 0.29) is 21.2 Å². The van der Waals surface area contributed by atoms with Crippen LogP contribution in [0.1, 0.15) is 5.56 Å². The molecule has 3 nitrogen and oxygen atoms in total. The van der Waals surface area contributed by atoms with Crippen molar-refractivity contribution in [2.75, 3.05) is 4.90 Å². The minimum absolute atomic E-state index is 0.166. The summed E-state index contributed by atoms with van der Waals surface area (Å²) < 4.78 is 13.6. The number of carbonyl (C=O) groups is 2. The molecule has 0 saturated carbocycles. The van der Waals surface area contributed by atoms with Gasteiger partial charge in [-0.25, -0.2) is 9.29 Å². The van der Waals surface area contributed by atoms with Gasteiger partial charge in [0, 0.05) is 9.92 Å². The van der Waals surface area contributed by atoms with E-state index in [1.165, 1.54) is 23.9 Å². The quantitative estimate of drug-likeness (QED) is 0.449. The van der Waals surface area contributed by atoms with Crippen LogP contribution >= 0.6 is 35.0 Å². The maximum Gasteiger partial charge on any atom is 0.272 e. The molecular formula is C22H12Cl2FNO2S. The van der Waals surface area contributed by atoms with Gasteiger partial charge in [0.1, 0.15) is 5.82 Å². The van der Waals surface area contributed by atoms with Gasteiger partial charge in [0.2, 0.25) is 0 Å². The summed E-state index contributed by atoms with van der Waals surface area (Å²) in [7, 11) is 0. The molecule has 0 radical (unpaired) electrons. The molecule has 0 N–H and O–H groups in total. The fourth-order valence-corrected chi connectivity index (χ4v) is 4.26. The third-order valence-corrected chi connectivity index (χ3v) is 5.93. The lowest BCUT2D eigenvalue weighted by molar-refractivity contribution is -0.119. The largest absolute Gasteiger partial charge is 0.272 e. The van der Waals surface area contributed by atoms with Crippen LogP contribution in [0.5, 0.6) is 0 Å². The van der Waals surface area contributed by atoms with Crippen LogP contribution in [0.15, 0.2) is 82.6 Å². The van der Waals surface area contributed by atoms with E-state index in [0.29, 0.717) is 10.6 Å². The molecular weight excluding hydrogens is 432 g/mol. The molecule has 0 atom stereocenters.